The Kier molecular flexibility index (Phi) is 3.23. The zero-order valence-corrected chi connectivity index (χ0v) is 9.37. The van der Waals surface area contributed by atoms with Gasteiger partial charge in [0, 0.05) is 26.0 Å². The molecule has 1 aromatic rings. The molecular weight excluding hydrogens is 200 g/mol. The highest BCUT2D eigenvalue weighted by molar-refractivity contribution is 7.89. The molecule has 1 aromatic heterocycles. The largest absolute Gasteiger partial charge is 0.263 e. The van der Waals surface area contributed by atoms with Gasteiger partial charge in [-0.1, -0.05) is 6.92 Å². The van der Waals surface area contributed by atoms with Crippen molar-refractivity contribution >= 4 is 10.0 Å². The van der Waals surface area contributed by atoms with Crippen molar-refractivity contribution in [3.05, 3.63) is 24.0 Å². The van der Waals surface area contributed by atoms with Crippen LogP contribution in [0.25, 0.3) is 0 Å². The highest BCUT2D eigenvalue weighted by Crippen LogP contribution is 2.16. The monoisotopic (exact) mass is 214 g/mol. The smallest absolute Gasteiger partial charge is 0.244 e. The van der Waals surface area contributed by atoms with Crippen LogP contribution in [0.15, 0.2) is 23.4 Å². The minimum atomic E-state index is -3.35. The molecule has 0 fully saturated rings. The molecule has 0 spiro atoms. The lowest BCUT2D eigenvalue weighted by atomic mass is 10.3. The van der Waals surface area contributed by atoms with Crippen LogP contribution in [0.5, 0.6) is 0 Å². The van der Waals surface area contributed by atoms with Crippen molar-refractivity contribution in [3.63, 3.8) is 0 Å². The van der Waals surface area contributed by atoms with Crippen molar-refractivity contribution in [2.45, 2.75) is 18.7 Å². The first-order chi connectivity index (χ1) is 6.50. The summed E-state index contributed by atoms with van der Waals surface area (Å²) in [7, 11) is -1.79. The van der Waals surface area contributed by atoms with Gasteiger partial charge in [0.15, 0.2) is 0 Å². The van der Waals surface area contributed by atoms with Gasteiger partial charge in [-0.2, -0.15) is 0 Å². The first kappa shape index (κ1) is 11.1. The van der Waals surface area contributed by atoms with E-state index in [4.69, 9.17) is 0 Å². The van der Waals surface area contributed by atoms with Gasteiger partial charge in [-0.15, -0.1) is 0 Å². The summed E-state index contributed by atoms with van der Waals surface area (Å²) in [4.78, 5) is 4.10. The lowest BCUT2D eigenvalue weighted by Gasteiger charge is -2.15. The normalized spacial score (nSPS) is 12.0. The van der Waals surface area contributed by atoms with Crippen LogP contribution in [-0.2, 0) is 10.0 Å². The first-order valence-corrected chi connectivity index (χ1v) is 5.81. The molecule has 1 heterocycles. The second kappa shape index (κ2) is 4.06. The van der Waals surface area contributed by atoms with E-state index >= 15 is 0 Å². The van der Waals surface area contributed by atoms with Crippen LogP contribution in [0.1, 0.15) is 12.5 Å². The van der Waals surface area contributed by atoms with Crippen LogP contribution in [0.4, 0.5) is 0 Å². The number of hydrogen-bond acceptors (Lipinski definition) is 3. The molecule has 0 saturated heterocycles. The molecule has 14 heavy (non-hydrogen) atoms. The zero-order valence-electron chi connectivity index (χ0n) is 8.56. The Bertz CT molecular complexity index is 415. The molecule has 0 aliphatic heterocycles. The summed E-state index contributed by atoms with van der Waals surface area (Å²) in [6.07, 6.45) is 2.97. The van der Waals surface area contributed by atoms with Gasteiger partial charge in [0.05, 0.1) is 0 Å². The van der Waals surface area contributed by atoms with Crippen LogP contribution in [-0.4, -0.2) is 31.3 Å². The van der Waals surface area contributed by atoms with Gasteiger partial charge in [-0.05, 0) is 18.6 Å². The number of rotatable bonds is 3. The van der Waals surface area contributed by atoms with Crippen LogP contribution >= 0.6 is 0 Å². The maximum absolute atomic E-state index is 11.9. The predicted molar refractivity (Wildman–Crippen MR) is 54.5 cm³/mol. The molecule has 78 valence electrons. The molecule has 5 heteroatoms. The third-order valence-electron chi connectivity index (χ3n) is 2.12. The van der Waals surface area contributed by atoms with Crippen molar-refractivity contribution in [1.82, 2.24) is 9.29 Å². The van der Waals surface area contributed by atoms with E-state index in [1.54, 1.807) is 33.2 Å². The number of hydrogen-bond donors (Lipinski definition) is 0. The Morgan fingerprint density at radius 2 is 2.14 bits per heavy atom. The van der Waals surface area contributed by atoms with Gasteiger partial charge in [-0.25, -0.2) is 12.7 Å². The predicted octanol–water partition coefficient (Wildman–Crippen LogP) is 1.03. The van der Waals surface area contributed by atoms with Gasteiger partial charge in [0.1, 0.15) is 4.90 Å². The van der Waals surface area contributed by atoms with Gasteiger partial charge in [0.25, 0.3) is 0 Å². The molecule has 0 atom stereocenters. The average molecular weight is 214 g/mol. The molecule has 0 saturated carbocycles. The van der Waals surface area contributed by atoms with Gasteiger partial charge in [-0.3, -0.25) is 4.98 Å². The Morgan fingerprint density at radius 1 is 1.50 bits per heavy atom. The van der Waals surface area contributed by atoms with Gasteiger partial charge < -0.3 is 0 Å². The summed E-state index contributed by atoms with van der Waals surface area (Å²) < 4.78 is 25.0. The van der Waals surface area contributed by atoms with Gasteiger partial charge >= 0.3 is 0 Å². The summed E-state index contributed by atoms with van der Waals surface area (Å²) in [6.45, 7) is 4.01. The van der Waals surface area contributed by atoms with E-state index in [-0.39, 0.29) is 4.90 Å². The van der Waals surface area contributed by atoms with Crippen LogP contribution < -0.4 is 0 Å². The Morgan fingerprint density at radius 3 is 2.64 bits per heavy atom. The summed E-state index contributed by atoms with van der Waals surface area (Å²) in [5, 5.41) is 0. The van der Waals surface area contributed by atoms with Crippen LogP contribution in [0, 0.1) is 6.92 Å². The fourth-order valence-corrected chi connectivity index (χ4v) is 2.40. The maximum atomic E-state index is 11.9. The molecule has 0 radical (unpaired) electrons. The lowest BCUT2D eigenvalue weighted by molar-refractivity contribution is 0.485. The van der Waals surface area contributed by atoms with E-state index in [0.29, 0.717) is 6.54 Å². The first-order valence-electron chi connectivity index (χ1n) is 4.37. The van der Waals surface area contributed by atoms with E-state index in [2.05, 4.69) is 4.98 Å². The average Bonchev–Trinajstić information content (AvgIpc) is 2.17. The third-order valence-corrected chi connectivity index (χ3v) is 4.19. The standard InChI is InChI=1S/C9H14N2O2S/c1-4-11(3)14(12,13)9-7-10-6-5-8(9)2/h5-7H,4H2,1-3H3. The highest BCUT2D eigenvalue weighted by Gasteiger charge is 2.20. The van der Waals surface area contributed by atoms with E-state index in [0.717, 1.165) is 5.56 Å². The number of nitrogens with zero attached hydrogens (tertiary/aromatic N) is 2. The zero-order chi connectivity index (χ0) is 10.8. The molecule has 0 aliphatic rings. The topological polar surface area (TPSA) is 50.3 Å². The molecule has 0 N–H and O–H groups in total. The van der Waals surface area contributed by atoms with Crippen LogP contribution in [0.2, 0.25) is 0 Å². The molecule has 4 nitrogen and oxygen atoms in total. The number of sulfonamides is 1. The molecule has 0 aliphatic carbocycles. The van der Waals surface area contributed by atoms with Crippen molar-refractivity contribution in [2.24, 2.45) is 0 Å². The lowest BCUT2D eigenvalue weighted by Crippen LogP contribution is -2.27. The Labute approximate surface area is 84.6 Å². The van der Waals surface area contributed by atoms with Crippen molar-refractivity contribution < 1.29 is 8.42 Å². The molecule has 0 unspecified atom stereocenters. The second-order valence-corrected chi connectivity index (χ2v) is 5.07. The minimum absolute atomic E-state index is 0.282. The molecular formula is C9H14N2O2S. The fourth-order valence-electron chi connectivity index (χ4n) is 1.06. The summed E-state index contributed by atoms with van der Waals surface area (Å²) in [5.74, 6) is 0. The summed E-state index contributed by atoms with van der Waals surface area (Å²) >= 11 is 0. The van der Waals surface area contributed by atoms with E-state index in [1.165, 1.54) is 10.5 Å². The fraction of sp³-hybridized carbons (Fsp3) is 0.444. The molecule has 0 amide bonds. The quantitative estimate of drug-likeness (QED) is 0.755. The van der Waals surface area contributed by atoms with Crippen LogP contribution in [0.3, 0.4) is 0 Å². The molecule has 0 aromatic carbocycles. The van der Waals surface area contributed by atoms with Crippen molar-refractivity contribution in [3.8, 4) is 0 Å². The number of pyridine rings is 1. The number of aryl methyl sites for hydroxylation is 1. The van der Waals surface area contributed by atoms with Crippen molar-refractivity contribution in [1.29, 1.82) is 0 Å². The summed E-state index contributed by atoms with van der Waals surface area (Å²) in [6, 6.07) is 1.69. The van der Waals surface area contributed by atoms with Crippen molar-refractivity contribution in [2.75, 3.05) is 13.6 Å². The third kappa shape index (κ3) is 1.93. The highest BCUT2D eigenvalue weighted by atomic mass is 32.2. The second-order valence-electron chi connectivity index (χ2n) is 3.06. The molecule has 1 rings (SSSR count). The van der Waals surface area contributed by atoms with Gasteiger partial charge in [0.2, 0.25) is 10.0 Å². The Balaban J connectivity index is 3.24. The van der Waals surface area contributed by atoms with E-state index < -0.39 is 10.0 Å². The van der Waals surface area contributed by atoms with E-state index in [9.17, 15) is 8.42 Å². The molecule has 0 bridgehead atoms. The number of aromatic nitrogens is 1. The minimum Gasteiger partial charge on any atom is -0.263 e. The summed E-state index contributed by atoms with van der Waals surface area (Å²) in [5.41, 5.74) is 0.723. The SMILES string of the molecule is CCN(C)S(=O)(=O)c1cnccc1C. The van der Waals surface area contributed by atoms with E-state index in [1.807, 2.05) is 0 Å². The maximum Gasteiger partial charge on any atom is 0.244 e. The Hall–Kier alpha value is -0.940.